The average molecular weight is 342 g/mol. The Balaban J connectivity index is 1.96. The van der Waals surface area contributed by atoms with E-state index in [0.717, 1.165) is 27.6 Å². The van der Waals surface area contributed by atoms with Gasteiger partial charge >= 0.3 is 0 Å². The lowest BCUT2D eigenvalue weighted by Crippen LogP contribution is -2.16. The molecular weight excluding hydrogens is 326 g/mol. The van der Waals surface area contributed by atoms with Gasteiger partial charge in [-0.2, -0.15) is 0 Å². The summed E-state index contributed by atoms with van der Waals surface area (Å²) in [4.78, 5) is 6.60. The number of fused-ring (bicyclic) bond motifs is 1. The fraction of sp³-hybridized carbons (Fsp3) is 0.118. The van der Waals surface area contributed by atoms with E-state index in [9.17, 15) is 0 Å². The average Bonchev–Trinajstić information content (AvgIpc) is 2.50. The molecule has 0 amide bonds. The Kier molecular flexibility index (Phi) is 3.80. The van der Waals surface area contributed by atoms with Crippen LogP contribution in [-0.2, 0) is 6.54 Å². The molecule has 3 aromatic rings. The monoisotopic (exact) mass is 341 g/mol. The molecule has 0 aliphatic heterocycles. The Labute approximate surface area is 132 Å². The quantitative estimate of drug-likeness (QED) is 0.725. The van der Waals surface area contributed by atoms with Crippen LogP contribution in [-0.4, -0.2) is 12.0 Å². The van der Waals surface area contributed by atoms with Crippen molar-refractivity contribution in [2.45, 2.75) is 6.54 Å². The van der Waals surface area contributed by atoms with E-state index in [1.54, 1.807) is 6.20 Å². The zero-order chi connectivity index (χ0) is 14.8. The van der Waals surface area contributed by atoms with Crippen LogP contribution in [0.15, 0.2) is 59.2 Å². The summed E-state index contributed by atoms with van der Waals surface area (Å²) in [5.74, 6) is 0. The van der Waals surface area contributed by atoms with Crippen molar-refractivity contribution in [3.63, 3.8) is 0 Å². The van der Waals surface area contributed by atoms with Gasteiger partial charge in [-0.1, -0.05) is 28.1 Å². The van der Waals surface area contributed by atoms with Crippen molar-refractivity contribution in [1.29, 1.82) is 0 Å². The molecule has 3 nitrogen and oxygen atoms in total. The van der Waals surface area contributed by atoms with Crippen molar-refractivity contribution >= 4 is 38.2 Å². The van der Waals surface area contributed by atoms with Crippen molar-refractivity contribution in [2.75, 3.05) is 17.7 Å². The highest BCUT2D eigenvalue weighted by Crippen LogP contribution is 2.29. The third-order valence-electron chi connectivity index (χ3n) is 3.52. The predicted octanol–water partition coefficient (Wildman–Crippen LogP) is 4.22. The van der Waals surface area contributed by atoms with E-state index in [2.05, 4.69) is 69.3 Å². The van der Waals surface area contributed by atoms with E-state index in [1.807, 2.05) is 12.1 Å². The third-order valence-corrected chi connectivity index (χ3v) is 4.05. The zero-order valence-corrected chi connectivity index (χ0v) is 13.3. The second kappa shape index (κ2) is 5.74. The number of pyridine rings is 1. The van der Waals surface area contributed by atoms with Gasteiger partial charge in [-0.25, -0.2) is 0 Å². The summed E-state index contributed by atoms with van der Waals surface area (Å²) in [6.07, 6.45) is 1.77. The number of anilines is 2. The van der Waals surface area contributed by atoms with Gasteiger partial charge in [0.25, 0.3) is 0 Å². The second-order valence-electron chi connectivity index (χ2n) is 5.06. The number of hydrogen-bond donors (Lipinski definition) is 1. The molecule has 0 atom stereocenters. The SMILES string of the molecule is CN(Cc1ccc(Br)cc1)c1ccc(N)c2ncccc12. The Morgan fingerprint density at radius 1 is 1.10 bits per heavy atom. The molecule has 1 aromatic heterocycles. The van der Waals surface area contributed by atoms with Gasteiger partial charge in [-0.15, -0.1) is 0 Å². The molecular formula is C17H16BrN3. The lowest BCUT2D eigenvalue weighted by atomic mass is 10.1. The molecule has 0 bridgehead atoms. The smallest absolute Gasteiger partial charge is 0.0951 e. The van der Waals surface area contributed by atoms with Crippen LogP contribution in [0, 0.1) is 0 Å². The van der Waals surface area contributed by atoms with Crippen molar-refractivity contribution < 1.29 is 0 Å². The topological polar surface area (TPSA) is 42.1 Å². The Hall–Kier alpha value is -2.07. The van der Waals surface area contributed by atoms with Gasteiger partial charge < -0.3 is 10.6 Å². The molecule has 0 aliphatic carbocycles. The van der Waals surface area contributed by atoms with E-state index in [1.165, 1.54) is 5.56 Å². The summed E-state index contributed by atoms with van der Waals surface area (Å²) in [7, 11) is 2.08. The minimum absolute atomic E-state index is 0.714. The fourth-order valence-corrected chi connectivity index (χ4v) is 2.73. The molecule has 0 unspecified atom stereocenters. The molecule has 0 saturated carbocycles. The first-order chi connectivity index (χ1) is 10.1. The molecule has 0 spiro atoms. The zero-order valence-electron chi connectivity index (χ0n) is 11.8. The van der Waals surface area contributed by atoms with E-state index >= 15 is 0 Å². The summed E-state index contributed by atoms with van der Waals surface area (Å²) >= 11 is 3.46. The van der Waals surface area contributed by atoms with Crippen LogP contribution < -0.4 is 10.6 Å². The fourth-order valence-electron chi connectivity index (χ4n) is 2.46. The highest BCUT2D eigenvalue weighted by Gasteiger charge is 2.09. The standard InChI is InChI=1S/C17H16BrN3/c1-21(11-12-4-6-13(18)7-5-12)16-9-8-15(19)17-14(16)3-2-10-20-17/h2-10H,11,19H2,1H3. The summed E-state index contributed by atoms with van der Waals surface area (Å²) in [6.45, 7) is 0.835. The third kappa shape index (κ3) is 2.85. The van der Waals surface area contributed by atoms with Gasteiger partial charge in [-0.3, -0.25) is 4.98 Å². The molecule has 0 saturated heterocycles. The van der Waals surface area contributed by atoms with Crippen LogP contribution in [0.3, 0.4) is 0 Å². The van der Waals surface area contributed by atoms with Gasteiger partial charge in [0, 0.05) is 35.3 Å². The maximum Gasteiger partial charge on any atom is 0.0951 e. The van der Waals surface area contributed by atoms with Crippen molar-refractivity contribution in [3.05, 3.63) is 64.8 Å². The maximum atomic E-state index is 6.01. The number of nitrogen functional groups attached to an aromatic ring is 1. The number of nitrogens with two attached hydrogens (primary N) is 1. The largest absolute Gasteiger partial charge is 0.397 e. The van der Waals surface area contributed by atoms with Crippen LogP contribution >= 0.6 is 15.9 Å². The highest BCUT2D eigenvalue weighted by atomic mass is 79.9. The molecule has 0 aliphatic rings. The first kappa shape index (κ1) is 13.9. The van der Waals surface area contributed by atoms with E-state index in [4.69, 9.17) is 5.73 Å². The van der Waals surface area contributed by atoms with Crippen molar-refractivity contribution in [2.24, 2.45) is 0 Å². The molecule has 0 fully saturated rings. The maximum absolute atomic E-state index is 6.01. The summed E-state index contributed by atoms with van der Waals surface area (Å²) in [5.41, 5.74) is 9.97. The normalized spacial score (nSPS) is 10.8. The molecule has 0 radical (unpaired) electrons. The lowest BCUT2D eigenvalue weighted by Gasteiger charge is -2.21. The molecule has 2 N–H and O–H groups in total. The predicted molar refractivity (Wildman–Crippen MR) is 92.4 cm³/mol. The highest BCUT2D eigenvalue weighted by molar-refractivity contribution is 9.10. The Morgan fingerprint density at radius 3 is 2.62 bits per heavy atom. The second-order valence-corrected chi connectivity index (χ2v) is 5.97. The van der Waals surface area contributed by atoms with Gasteiger partial charge in [0.1, 0.15) is 0 Å². The van der Waals surface area contributed by atoms with Gasteiger partial charge in [0.15, 0.2) is 0 Å². The van der Waals surface area contributed by atoms with Crippen LogP contribution in [0.4, 0.5) is 11.4 Å². The van der Waals surface area contributed by atoms with Gasteiger partial charge in [0.05, 0.1) is 11.2 Å². The van der Waals surface area contributed by atoms with E-state index in [0.29, 0.717) is 5.69 Å². The molecule has 4 heteroatoms. The summed E-state index contributed by atoms with van der Waals surface area (Å²) < 4.78 is 1.09. The Morgan fingerprint density at radius 2 is 1.86 bits per heavy atom. The van der Waals surface area contributed by atoms with Crippen molar-refractivity contribution in [3.8, 4) is 0 Å². The number of rotatable bonds is 3. The van der Waals surface area contributed by atoms with Crippen LogP contribution in [0.1, 0.15) is 5.56 Å². The number of halogens is 1. The number of benzene rings is 2. The number of nitrogens with zero attached hydrogens (tertiary/aromatic N) is 2. The Bertz CT molecular complexity index is 769. The first-order valence-electron chi connectivity index (χ1n) is 6.74. The molecule has 1 heterocycles. The van der Waals surface area contributed by atoms with Crippen LogP contribution in [0.2, 0.25) is 0 Å². The van der Waals surface area contributed by atoms with E-state index in [-0.39, 0.29) is 0 Å². The van der Waals surface area contributed by atoms with E-state index < -0.39 is 0 Å². The molecule has 21 heavy (non-hydrogen) atoms. The molecule has 3 rings (SSSR count). The van der Waals surface area contributed by atoms with Gasteiger partial charge in [0.2, 0.25) is 0 Å². The summed E-state index contributed by atoms with van der Waals surface area (Å²) in [5, 5.41) is 1.08. The molecule has 106 valence electrons. The van der Waals surface area contributed by atoms with Crippen LogP contribution in [0.5, 0.6) is 0 Å². The minimum Gasteiger partial charge on any atom is -0.397 e. The van der Waals surface area contributed by atoms with Gasteiger partial charge in [-0.05, 0) is 42.0 Å². The summed E-state index contributed by atoms with van der Waals surface area (Å²) in [6, 6.07) is 16.3. The van der Waals surface area contributed by atoms with Crippen molar-refractivity contribution in [1.82, 2.24) is 4.98 Å². The van der Waals surface area contributed by atoms with Crippen LogP contribution in [0.25, 0.3) is 10.9 Å². The number of aromatic nitrogens is 1. The number of hydrogen-bond acceptors (Lipinski definition) is 3. The minimum atomic E-state index is 0.714. The lowest BCUT2D eigenvalue weighted by molar-refractivity contribution is 0.927. The first-order valence-corrected chi connectivity index (χ1v) is 7.53. The molecule has 2 aromatic carbocycles.